The van der Waals surface area contributed by atoms with Crippen molar-refractivity contribution in [3.05, 3.63) is 34.1 Å². The van der Waals surface area contributed by atoms with E-state index in [1.807, 2.05) is 24.6 Å². The zero-order valence-corrected chi connectivity index (χ0v) is 11.7. The molecule has 1 heterocycles. The van der Waals surface area contributed by atoms with Gasteiger partial charge in [0, 0.05) is 16.4 Å². The molecule has 6 heteroatoms. The molecule has 0 amide bonds. The van der Waals surface area contributed by atoms with Crippen LogP contribution in [0.4, 0.5) is 0 Å². The minimum atomic E-state index is 0.635. The minimum absolute atomic E-state index is 0.635. The molecule has 0 unspecified atom stereocenters. The molecule has 0 spiro atoms. The Morgan fingerprint density at radius 3 is 2.71 bits per heavy atom. The molecule has 0 aliphatic carbocycles. The molecular formula is C11H9BrN4S. The highest BCUT2D eigenvalue weighted by atomic mass is 79.9. The maximum Gasteiger partial charge on any atom is 0.195 e. The molecule has 0 saturated heterocycles. The van der Waals surface area contributed by atoms with E-state index in [4.69, 9.17) is 5.26 Å². The summed E-state index contributed by atoms with van der Waals surface area (Å²) in [5.41, 5.74) is 0.635. The second kappa shape index (κ2) is 4.90. The third-order valence-electron chi connectivity index (χ3n) is 2.31. The molecular weight excluding hydrogens is 300 g/mol. The zero-order chi connectivity index (χ0) is 12.4. The fourth-order valence-corrected chi connectivity index (χ4v) is 2.69. The first-order chi connectivity index (χ1) is 8.11. The molecule has 0 N–H and O–H groups in total. The van der Waals surface area contributed by atoms with E-state index in [1.165, 1.54) is 11.8 Å². The van der Waals surface area contributed by atoms with Crippen molar-refractivity contribution in [2.24, 2.45) is 7.05 Å². The van der Waals surface area contributed by atoms with Crippen molar-refractivity contribution in [2.75, 3.05) is 0 Å². The largest absolute Gasteiger partial charge is 0.309 e. The SMILES string of the molecule is Cc1nnc(Sc2ccc(C#N)cc2Br)n1C. The number of nitriles is 1. The standard InChI is InChI=1S/C11H9BrN4S/c1-7-14-15-11(16(7)2)17-10-4-3-8(6-13)5-9(10)12/h3-5H,1-2H3. The van der Waals surface area contributed by atoms with Gasteiger partial charge in [-0.2, -0.15) is 5.26 Å². The number of aryl methyl sites for hydroxylation is 1. The van der Waals surface area contributed by atoms with E-state index in [2.05, 4.69) is 32.2 Å². The van der Waals surface area contributed by atoms with Gasteiger partial charge in [0.25, 0.3) is 0 Å². The molecule has 1 aromatic carbocycles. The normalized spacial score (nSPS) is 10.2. The van der Waals surface area contributed by atoms with Gasteiger partial charge in [0.15, 0.2) is 5.16 Å². The fourth-order valence-electron chi connectivity index (χ4n) is 1.23. The second-order valence-corrected chi connectivity index (χ2v) is 5.31. The summed E-state index contributed by atoms with van der Waals surface area (Å²) >= 11 is 4.96. The molecule has 0 radical (unpaired) electrons. The van der Waals surface area contributed by atoms with Crippen molar-refractivity contribution in [3.63, 3.8) is 0 Å². The lowest BCUT2D eigenvalue weighted by molar-refractivity contribution is 0.765. The summed E-state index contributed by atoms with van der Waals surface area (Å²) in [6.45, 7) is 1.91. The monoisotopic (exact) mass is 308 g/mol. The van der Waals surface area contributed by atoms with Crippen molar-refractivity contribution in [1.82, 2.24) is 14.8 Å². The van der Waals surface area contributed by atoms with Crippen LogP contribution in [0.2, 0.25) is 0 Å². The van der Waals surface area contributed by atoms with Gasteiger partial charge in [-0.3, -0.25) is 0 Å². The summed E-state index contributed by atoms with van der Waals surface area (Å²) < 4.78 is 2.82. The fraction of sp³-hybridized carbons (Fsp3) is 0.182. The van der Waals surface area contributed by atoms with Crippen LogP contribution >= 0.6 is 27.7 Å². The van der Waals surface area contributed by atoms with Crippen molar-refractivity contribution < 1.29 is 0 Å². The van der Waals surface area contributed by atoms with Crippen molar-refractivity contribution in [1.29, 1.82) is 5.26 Å². The minimum Gasteiger partial charge on any atom is -0.309 e. The number of rotatable bonds is 2. The van der Waals surface area contributed by atoms with Crippen LogP contribution in [0.15, 0.2) is 32.7 Å². The summed E-state index contributed by atoms with van der Waals surface area (Å²) in [6.07, 6.45) is 0. The van der Waals surface area contributed by atoms with E-state index >= 15 is 0 Å². The molecule has 2 rings (SSSR count). The molecule has 0 bridgehead atoms. The molecule has 0 aliphatic rings. The highest BCUT2D eigenvalue weighted by molar-refractivity contribution is 9.10. The first-order valence-corrected chi connectivity index (χ1v) is 6.46. The topological polar surface area (TPSA) is 54.5 Å². The maximum absolute atomic E-state index is 8.79. The van der Waals surface area contributed by atoms with Gasteiger partial charge >= 0.3 is 0 Å². The van der Waals surface area contributed by atoms with Crippen molar-refractivity contribution in [3.8, 4) is 6.07 Å². The molecule has 4 nitrogen and oxygen atoms in total. The number of hydrogen-bond acceptors (Lipinski definition) is 4. The van der Waals surface area contributed by atoms with Crippen molar-refractivity contribution >= 4 is 27.7 Å². The van der Waals surface area contributed by atoms with Crippen LogP contribution in [0.1, 0.15) is 11.4 Å². The van der Waals surface area contributed by atoms with Crippen molar-refractivity contribution in [2.45, 2.75) is 17.0 Å². The Balaban J connectivity index is 2.31. The molecule has 17 heavy (non-hydrogen) atoms. The van der Waals surface area contributed by atoms with E-state index in [0.29, 0.717) is 5.56 Å². The number of benzene rings is 1. The molecule has 0 saturated carbocycles. The Hall–Kier alpha value is -1.32. The molecule has 0 atom stereocenters. The van der Waals surface area contributed by atoms with Gasteiger partial charge in [-0.15, -0.1) is 10.2 Å². The van der Waals surface area contributed by atoms with E-state index in [9.17, 15) is 0 Å². The van der Waals surface area contributed by atoms with Crippen LogP contribution in [-0.2, 0) is 7.05 Å². The zero-order valence-electron chi connectivity index (χ0n) is 9.31. The van der Waals surface area contributed by atoms with E-state index in [-0.39, 0.29) is 0 Å². The maximum atomic E-state index is 8.79. The van der Waals surface area contributed by atoms with Gasteiger partial charge in [-0.25, -0.2) is 0 Å². The highest BCUT2D eigenvalue weighted by Gasteiger charge is 2.09. The molecule has 0 aliphatic heterocycles. The average molecular weight is 309 g/mol. The van der Waals surface area contributed by atoms with Crippen LogP contribution in [0.3, 0.4) is 0 Å². The van der Waals surface area contributed by atoms with Gasteiger partial charge in [0.1, 0.15) is 5.82 Å². The molecule has 0 fully saturated rings. The predicted octanol–water partition coefficient (Wildman–Crippen LogP) is 2.91. The first kappa shape index (κ1) is 12.1. The molecule has 86 valence electrons. The first-order valence-electron chi connectivity index (χ1n) is 4.85. The lowest BCUT2D eigenvalue weighted by atomic mass is 10.2. The highest BCUT2D eigenvalue weighted by Crippen LogP contribution is 2.32. The molecule has 2 aromatic rings. The Kier molecular flexibility index (Phi) is 3.50. The number of halogens is 1. The lowest BCUT2D eigenvalue weighted by Crippen LogP contribution is -1.93. The van der Waals surface area contributed by atoms with Gasteiger partial charge in [-0.1, -0.05) is 0 Å². The van der Waals surface area contributed by atoms with E-state index in [1.54, 1.807) is 12.1 Å². The van der Waals surface area contributed by atoms with Crippen LogP contribution < -0.4 is 0 Å². The summed E-state index contributed by atoms with van der Waals surface area (Å²) in [7, 11) is 1.93. The van der Waals surface area contributed by atoms with Gasteiger partial charge in [-0.05, 0) is 52.8 Å². The summed E-state index contributed by atoms with van der Waals surface area (Å²) in [6, 6.07) is 7.59. The Morgan fingerprint density at radius 2 is 2.18 bits per heavy atom. The van der Waals surface area contributed by atoms with Crippen LogP contribution in [0.25, 0.3) is 0 Å². The number of nitrogens with zero attached hydrogens (tertiary/aromatic N) is 4. The van der Waals surface area contributed by atoms with Crippen LogP contribution in [0.5, 0.6) is 0 Å². The quantitative estimate of drug-likeness (QED) is 0.856. The Bertz CT molecular complexity index is 600. The van der Waals surface area contributed by atoms with Gasteiger partial charge in [0.2, 0.25) is 0 Å². The average Bonchev–Trinajstić information content (AvgIpc) is 2.63. The molecule has 1 aromatic heterocycles. The number of hydrogen-bond donors (Lipinski definition) is 0. The number of aromatic nitrogens is 3. The summed E-state index contributed by atoms with van der Waals surface area (Å²) in [5, 5.41) is 17.7. The lowest BCUT2D eigenvalue weighted by Gasteiger charge is -2.04. The van der Waals surface area contributed by atoms with Crippen LogP contribution in [-0.4, -0.2) is 14.8 Å². The van der Waals surface area contributed by atoms with Gasteiger partial charge in [0.05, 0.1) is 11.6 Å². The predicted molar refractivity (Wildman–Crippen MR) is 68.7 cm³/mol. The third kappa shape index (κ3) is 2.51. The van der Waals surface area contributed by atoms with E-state index < -0.39 is 0 Å². The Labute approximate surface area is 112 Å². The summed E-state index contributed by atoms with van der Waals surface area (Å²) in [5.74, 6) is 0.872. The second-order valence-electron chi connectivity index (χ2n) is 3.45. The van der Waals surface area contributed by atoms with E-state index in [0.717, 1.165) is 20.3 Å². The van der Waals surface area contributed by atoms with Crippen LogP contribution in [0, 0.1) is 18.3 Å². The van der Waals surface area contributed by atoms with Gasteiger partial charge < -0.3 is 4.57 Å². The Morgan fingerprint density at radius 1 is 1.41 bits per heavy atom. The smallest absolute Gasteiger partial charge is 0.195 e. The summed E-state index contributed by atoms with van der Waals surface area (Å²) in [4.78, 5) is 1.01. The third-order valence-corrected chi connectivity index (χ3v) is 4.35.